The summed E-state index contributed by atoms with van der Waals surface area (Å²) in [6.07, 6.45) is 2.13. The summed E-state index contributed by atoms with van der Waals surface area (Å²) in [5, 5.41) is 0. The molecule has 1 atom stereocenters. The van der Waals surface area contributed by atoms with Gasteiger partial charge in [0.05, 0.1) is 7.11 Å². The van der Waals surface area contributed by atoms with Crippen LogP contribution >= 0.6 is 0 Å². The Kier molecular flexibility index (Phi) is 3.55. The first-order valence-corrected chi connectivity index (χ1v) is 6.99. The van der Waals surface area contributed by atoms with Gasteiger partial charge in [0.15, 0.2) is 0 Å². The van der Waals surface area contributed by atoms with E-state index in [1.165, 1.54) is 11.1 Å². The molecule has 3 rings (SSSR count). The number of benzene rings is 2. The molecule has 0 N–H and O–H groups in total. The van der Waals surface area contributed by atoms with E-state index < -0.39 is 0 Å². The Morgan fingerprint density at radius 1 is 1.15 bits per heavy atom. The highest BCUT2D eigenvalue weighted by Crippen LogP contribution is 2.37. The van der Waals surface area contributed by atoms with E-state index in [1.54, 1.807) is 7.11 Å². The second-order valence-electron chi connectivity index (χ2n) is 5.33. The molecule has 102 valence electrons. The van der Waals surface area contributed by atoms with E-state index in [-0.39, 0.29) is 5.78 Å². The van der Waals surface area contributed by atoms with Gasteiger partial charge in [-0.3, -0.25) is 4.79 Å². The van der Waals surface area contributed by atoms with Gasteiger partial charge < -0.3 is 4.74 Å². The molecule has 0 bridgehead atoms. The van der Waals surface area contributed by atoms with Crippen LogP contribution in [0.3, 0.4) is 0 Å². The second-order valence-corrected chi connectivity index (χ2v) is 5.33. The number of ether oxygens (including phenoxy) is 1. The van der Waals surface area contributed by atoms with Crippen molar-refractivity contribution in [3.8, 4) is 5.75 Å². The fourth-order valence-corrected chi connectivity index (χ4v) is 2.95. The summed E-state index contributed by atoms with van der Waals surface area (Å²) in [7, 11) is 1.64. The zero-order valence-electron chi connectivity index (χ0n) is 11.6. The van der Waals surface area contributed by atoms with Crippen molar-refractivity contribution in [3.05, 3.63) is 65.2 Å². The number of carbonyl (C=O) groups excluding carboxylic acids is 1. The molecule has 0 fully saturated rings. The van der Waals surface area contributed by atoms with Crippen LogP contribution in [-0.2, 0) is 17.6 Å². The van der Waals surface area contributed by atoms with Crippen molar-refractivity contribution in [2.24, 2.45) is 0 Å². The zero-order valence-corrected chi connectivity index (χ0v) is 11.6. The monoisotopic (exact) mass is 266 g/mol. The molecule has 0 aromatic heterocycles. The van der Waals surface area contributed by atoms with E-state index in [9.17, 15) is 4.79 Å². The maximum atomic E-state index is 12.2. The van der Waals surface area contributed by atoms with Crippen LogP contribution in [0.4, 0.5) is 0 Å². The molecule has 1 aliphatic rings. The molecule has 1 unspecified atom stereocenters. The van der Waals surface area contributed by atoms with Crippen molar-refractivity contribution in [2.45, 2.75) is 25.2 Å². The lowest BCUT2D eigenvalue weighted by Crippen LogP contribution is -2.20. The molecule has 2 aromatic rings. The molecule has 0 spiro atoms. The van der Waals surface area contributed by atoms with Crippen molar-refractivity contribution < 1.29 is 9.53 Å². The highest BCUT2D eigenvalue weighted by Gasteiger charge is 2.27. The lowest BCUT2D eigenvalue weighted by molar-refractivity contribution is -0.118. The Morgan fingerprint density at radius 3 is 2.70 bits per heavy atom. The minimum absolute atomic E-state index is 0.286. The Hall–Kier alpha value is -2.09. The first kappa shape index (κ1) is 12.9. The van der Waals surface area contributed by atoms with E-state index in [0.29, 0.717) is 18.8 Å². The molecular weight excluding hydrogens is 248 g/mol. The SMILES string of the molecule is COc1ccccc1CC(=O)CC1Cc2ccccc21. The van der Waals surface area contributed by atoms with Crippen LogP contribution in [0.5, 0.6) is 5.75 Å². The van der Waals surface area contributed by atoms with E-state index in [2.05, 4.69) is 24.3 Å². The number of para-hydroxylation sites is 1. The van der Waals surface area contributed by atoms with Crippen molar-refractivity contribution in [1.82, 2.24) is 0 Å². The number of ketones is 1. The van der Waals surface area contributed by atoms with Gasteiger partial charge >= 0.3 is 0 Å². The van der Waals surface area contributed by atoms with Crippen LogP contribution in [0.15, 0.2) is 48.5 Å². The summed E-state index contributed by atoms with van der Waals surface area (Å²) in [6.45, 7) is 0. The van der Waals surface area contributed by atoms with Gasteiger partial charge in [0.2, 0.25) is 0 Å². The first-order chi connectivity index (χ1) is 9.78. The minimum Gasteiger partial charge on any atom is -0.496 e. The predicted octanol–water partition coefficient (Wildman–Crippen LogP) is 3.54. The molecule has 2 heteroatoms. The van der Waals surface area contributed by atoms with Crippen molar-refractivity contribution in [1.29, 1.82) is 0 Å². The van der Waals surface area contributed by atoms with Gasteiger partial charge in [0, 0.05) is 18.4 Å². The van der Waals surface area contributed by atoms with Crippen LogP contribution < -0.4 is 4.74 Å². The Balaban J connectivity index is 1.64. The molecule has 2 nitrogen and oxygen atoms in total. The van der Waals surface area contributed by atoms with Gasteiger partial charge in [-0.2, -0.15) is 0 Å². The summed E-state index contributed by atoms with van der Waals surface area (Å²) in [6, 6.07) is 16.1. The molecule has 0 amide bonds. The second kappa shape index (κ2) is 5.49. The van der Waals surface area contributed by atoms with Gasteiger partial charge in [0.25, 0.3) is 0 Å². The number of rotatable bonds is 5. The average molecular weight is 266 g/mol. The molecule has 0 heterocycles. The first-order valence-electron chi connectivity index (χ1n) is 6.99. The van der Waals surface area contributed by atoms with Crippen molar-refractivity contribution in [3.63, 3.8) is 0 Å². The molecule has 20 heavy (non-hydrogen) atoms. The van der Waals surface area contributed by atoms with Crippen LogP contribution in [0.1, 0.15) is 29.0 Å². The topological polar surface area (TPSA) is 26.3 Å². The molecular formula is C18H18O2. The van der Waals surface area contributed by atoms with E-state index >= 15 is 0 Å². The lowest BCUT2D eigenvalue weighted by Gasteiger charge is -2.29. The number of Topliss-reactive ketones (excluding diaryl/α,β-unsaturated/α-hetero) is 1. The fraction of sp³-hybridized carbons (Fsp3) is 0.278. The number of methoxy groups -OCH3 is 1. The predicted molar refractivity (Wildman–Crippen MR) is 79.2 cm³/mol. The molecule has 0 radical (unpaired) electrons. The number of hydrogen-bond donors (Lipinski definition) is 0. The van der Waals surface area contributed by atoms with E-state index in [4.69, 9.17) is 4.74 Å². The number of hydrogen-bond acceptors (Lipinski definition) is 2. The molecule has 1 aliphatic carbocycles. The minimum atomic E-state index is 0.286. The quantitative estimate of drug-likeness (QED) is 0.827. The van der Waals surface area contributed by atoms with Gasteiger partial charge in [-0.05, 0) is 29.5 Å². The molecule has 0 aliphatic heterocycles. The molecule has 0 saturated carbocycles. The molecule has 0 saturated heterocycles. The van der Waals surface area contributed by atoms with E-state index in [1.807, 2.05) is 24.3 Å². The summed E-state index contributed by atoms with van der Waals surface area (Å²) in [5.41, 5.74) is 3.72. The number of carbonyl (C=O) groups is 1. The Bertz CT molecular complexity index is 631. The molecule has 2 aromatic carbocycles. The van der Waals surface area contributed by atoms with E-state index in [0.717, 1.165) is 17.7 Å². The summed E-state index contributed by atoms with van der Waals surface area (Å²) < 4.78 is 5.30. The van der Waals surface area contributed by atoms with Gasteiger partial charge in [-0.1, -0.05) is 42.5 Å². The third-order valence-electron chi connectivity index (χ3n) is 4.02. The lowest BCUT2D eigenvalue weighted by atomic mass is 9.75. The highest BCUT2D eigenvalue weighted by atomic mass is 16.5. The van der Waals surface area contributed by atoms with Gasteiger partial charge in [-0.15, -0.1) is 0 Å². The third-order valence-corrected chi connectivity index (χ3v) is 4.02. The van der Waals surface area contributed by atoms with Crippen LogP contribution in [0.25, 0.3) is 0 Å². The van der Waals surface area contributed by atoms with Crippen molar-refractivity contribution in [2.75, 3.05) is 7.11 Å². The number of fused-ring (bicyclic) bond motifs is 1. The third kappa shape index (κ3) is 2.46. The standard InChI is InChI=1S/C18H18O2/c1-20-18-9-5-3-7-14(18)11-16(19)12-15-10-13-6-2-4-8-17(13)15/h2-9,15H,10-12H2,1H3. The summed E-state index contributed by atoms with van der Waals surface area (Å²) >= 11 is 0. The van der Waals surface area contributed by atoms with Crippen LogP contribution in [0.2, 0.25) is 0 Å². The maximum absolute atomic E-state index is 12.2. The maximum Gasteiger partial charge on any atom is 0.138 e. The summed E-state index contributed by atoms with van der Waals surface area (Å²) in [5.74, 6) is 1.50. The normalized spacial score (nSPS) is 16.1. The highest BCUT2D eigenvalue weighted by molar-refractivity contribution is 5.82. The fourth-order valence-electron chi connectivity index (χ4n) is 2.95. The van der Waals surface area contributed by atoms with Gasteiger partial charge in [-0.25, -0.2) is 0 Å². The van der Waals surface area contributed by atoms with Crippen molar-refractivity contribution >= 4 is 5.78 Å². The summed E-state index contributed by atoms with van der Waals surface area (Å²) in [4.78, 5) is 12.2. The largest absolute Gasteiger partial charge is 0.496 e. The Labute approximate surface area is 119 Å². The Morgan fingerprint density at radius 2 is 1.90 bits per heavy atom. The van der Waals surface area contributed by atoms with Crippen LogP contribution in [0, 0.1) is 0 Å². The average Bonchev–Trinajstić information content (AvgIpc) is 2.45. The smallest absolute Gasteiger partial charge is 0.138 e. The van der Waals surface area contributed by atoms with Crippen LogP contribution in [-0.4, -0.2) is 12.9 Å². The zero-order chi connectivity index (χ0) is 13.9. The van der Waals surface area contributed by atoms with Gasteiger partial charge in [0.1, 0.15) is 11.5 Å².